The molecule has 19 heavy (non-hydrogen) atoms. The second kappa shape index (κ2) is 6.47. The number of aromatic nitrogens is 2. The van der Waals surface area contributed by atoms with Crippen LogP contribution >= 0.6 is 0 Å². The zero-order valence-electron chi connectivity index (χ0n) is 11.2. The van der Waals surface area contributed by atoms with Gasteiger partial charge in [-0.2, -0.15) is 5.10 Å². The molecule has 0 radical (unpaired) electrons. The van der Waals surface area contributed by atoms with Gasteiger partial charge in [-0.15, -0.1) is 0 Å². The van der Waals surface area contributed by atoms with Gasteiger partial charge in [-0.05, 0) is 13.0 Å². The molecule has 0 saturated carbocycles. The second-order valence-corrected chi connectivity index (χ2v) is 6.19. The number of nitrogens with zero attached hydrogens (tertiary/aromatic N) is 3. The molecule has 1 saturated heterocycles. The van der Waals surface area contributed by atoms with Gasteiger partial charge in [0.15, 0.2) is 5.03 Å². The van der Waals surface area contributed by atoms with Gasteiger partial charge in [-0.3, -0.25) is 9.58 Å². The predicted octanol–water partition coefficient (Wildman–Crippen LogP) is -0.913. The van der Waals surface area contributed by atoms with Crippen LogP contribution in [0, 0.1) is 0 Å². The highest BCUT2D eigenvalue weighted by Crippen LogP contribution is 2.07. The van der Waals surface area contributed by atoms with Gasteiger partial charge in [-0.25, -0.2) is 13.1 Å². The van der Waals surface area contributed by atoms with E-state index in [0.717, 1.165) is 32.7 Å². The van der Waals surface area contributed by atoms with E-state index >= 15 is 0 Å². The molecule has 1 aromatic rings. The molecule has 2 rings (SSSR count). The van der Waals surface area contributed by atoms with E-state index in [-0.39, 0.29) is 5.03 Å². The summed E-state index contributed by atoms with van der Waals surface area (Å²) in [7, 11) is -3.45. The van der Waals surface area contributed by atoms with Crippen molar-refractivity contribution in [1.29, 1.82) is 0 Å². The summed E-state index contributed by atoms with van der Waals surface area (Å²) in [6.45, 7) is 7.44. The summed E-state index contributed by atoms with van der Waals surface area (Å²) < 4.78 is 28.3. The predicted molar refractivity (Wildman–Crippen MR) is 72.4 cm³/mol. The van der Waals surface area contributed by atoms with E-state index < -0.39 is 10.0 Å². The fraction of sp³-hybridized carbons (Fsp3) is 0.727. The summed E-state index contributed by atoms with van der Waals surface area (Å²) in [5.74, 6) is 0. The second-order valence-electron chi connectivity index (χ2n) is 4.47. The molecule has 0 atom stereocenters. The van der Waals surface area contributed by atoms with Crippen LogP contribution in [0.15, 0.2) is 17.3 Å². The number of rotatable bonds is 6. The molecule has 0 amide bonds. The van der Waals surface area contributed by atoms with Gasteiger partial charge in [-0.1, -0.05) is 0 Å². The topological polar surface area (TPSA) is 79.3 Å². The molecule has 1 aliphatic rings. The van der Waals surface area contributed by atoms with Crippen LogP contribution in [0.4, 0.5) is 0 Å². The molecule has 8 heteroatoms. The van der Waals surface area contributed by atoms with Crippen molar-refractivity contribution in [2.45, 2.75) is 18.5 Å². The van der Waals surface area contributed by atoms with Crippen molar-refractivity contribution in [3.63, 3.8) is 0 Å². The van der Waals surface area contributed by atoms with Gasteiger partial charge < -0.3 is 5.32 Å². The van der Waals surface area contributed by atoms with Crippen molar-refractivity contribution >= 4 is 10.0 Å². The molecule has 0 bridgehead atoms. The lowest BCUT2D eigenvalue weighted by atomic mass is 10.3. The van der Waals surface area contributed by atoms with Crippen molar-refractivity contribution in [3.05, 3.63) is 12.3 Å². The van der Waals surface area contributed by atoms with Gasteiger partial charge in [0.05, 0.1) is 6.20 Å². The standard InChI is InChI=1S/C11H21N5O2S/c1-2-16-11(3-4-13-16)19(17,18)14-7-10-15-8-5-12-6-9-15/h3-4,12,14H,2,5-10H2,1H3. The molecular weight excluding hydrogens is 266 g/mol. The Morgan fingerprint density at radius 1 is 1.42 bits per heavy atom. The van der Waals surface area contributed by atoms with Crippen LogP contribution in [0.5, 0.6) is 0 Å². The maximum atomic E-state index is 12.1. The minimum Gasteiger partial charge on any atom is -0.314 e. The Balaban J connectivity index is 1.87. The minimum absolute atomic E-state index is 0.232. The van der Waals surface area contributed by atoms with E-state index in [9.17, 15) is 8.42 Å². The first kappa shape index (κ1) is 14.4. The number of aryl methyl sites for hydroxylation is 1. The largest absolute Gasteiger partial charge is 0.314 e. The Kier molecular flexibility index (Phi) is 4.92. The van der Waals surface area contributed by atoms with Gasteiger partial charge in [0.25, 0.3) is 10.0 Å². The molecule has 1 fully saturated rings. The summed E-state index contributed by atoms with van der Waals surface area (Å²) >= 11 is 0. The molecule has 0 unspecified atom stereocenters. The summed E-state index contributed by atoms with van der Waals surface area (Å²) in [6, 6.07) is 1.52. The van der Waals surface area contributed by atoms with Gasteiger partial charge in [0, 0.05) is 45.8 Å². The summed E-state index contributed by atoms with van der Waals surface area (Å²) in [4.78, 5) is 2.25. The van der Waals surface area contributed by atoms with Crippen LogP contribution < -0.4 is 10.0 Å². The van der Waals surface area contributed by atoms with Crippen LogP contribution in [-0.4, -0.2) is 62.4 Å². The third-order valence-corrected chi connectivity index (χ3v) is 4.66. The van der Waals surface area contributed by atoms with Crippen LogP contribution in [0.25, 0.3) is 0 Å². The third-order valence-electron chi connectivity index (χ3n) is 3.18. The Hall–Kier alpha value is -0.960. The Labute approximate surface area is 114 Å². The Morgan fingerprint density at radius 3 is 2.84 bits per heavy atom. The monoisotopic (exact) mass is 287 g/mol. The highest BCUT2D eigenvalue weighted by Gasteiger charge is 2.18. The average molecular weight is 287 g/mol. The molecule has 7 nitrogen and oxygen atoms in total. The van der Waals surface area contributed by atoms with Crippen molar-refractivity contribution in [3.8, 4) is 0 Å². The molecule has 2 N–H and O–H groups in total. The molecular formula is C11H21N5O2S. The van der Waals surface area contributed by atoms with Gasteiger partial charge in [0.2, 0.25) is 0 Å². The average Bonchev–Trinajstić information content (AvgIpc) is 2.89. The van der Waals surface area contributed by atoms with Gasteiger partial charge >= 0.3 is 0 Å². The van der Waals surface area contributed by atoms with Crippen LogP contribution in [0.3, 0.4) is 0 Å². The zero-order chi connectivity index (χ0) is 13.7. The lowest BCUT2D eigenvalue weighted by Gasteiger charge is -2.27. The Bertz CT molecular complexity index is 493. The van der Waals surface area contributed by atoms with E-state index in [0.29, 0.717) is 13.1 Å². The lowest BCUT2D eigenvalue weighted by Crippen LogP contribution is -2.46. The van der Waals surface area contributed by atoms with Crippen molar-refractivity contribution in [2.75, 3.05) is 39.3 Å². The maximum absolute atomic E-state index is 12.1. The fourth-order valence-electron chi connectivity index (χ4n) is 2.13. The van der Waals surface area contributed by atoms with Crippen LogP contribution in [-0.2, 0) is 16.6 Å². The molecule has 0 aliphatic carbocycles. The number of hydrogen-bond donors (Lipinski definition) is 2. The SMILES string of the molecule is CCn1nccc1S(=O)(=O)NCCN1CCNCC1. The molecule has 2 heterocycles. The fourth-order valence-corrected chi connectivity index (χ4v) is 3.33. The summed E-state index contributed by atoms with van der Waals surface area (Å²) in [5, 5.41) is 7.48. The van der Waals surface area contributed by atoms with E-state index in [2.05, 4.69) is 20.0 Å². The van der Waals surface area contributed by atoms with Gasteiger partial charge in [0.1, 0.15) is 0 Å². The lowest BCUT2D eigenvalue weighted by molar-refractivity contribution is 0.245. The summed E-state index contributed by atoms with van der Waals surface area (Å²) in [5.41, 5.74) is 0. The maximum Gasteiger partial charge on any atom is 0.257 e. The highest BCUT2D eigenvalue weighted by molar-refractivity contribution is 7.89. The van der Waals surface area contributed by atoms with Crippen molar-refractivity contribution in [1.82, 2.24) is 24.7 Å². The normalized spacial score (nSPS) is 17.7. The first-order valence-corrected chi connectivity index (χ1v) is 8.06. The Morgan fingerprint density at radius 2 is 2.16 bits per heavy atom. The first-order valence-electron chi connectivity index (χ1n) is 6.58. The summed E-state index contributed by atoms with van der Waals surface area (Å²) in [6.07, 6.45) is 1.51. The quantitative estimate of drug-likeness (QED) is 0.708. The molecule has 1 aromatic heterocycles. The molecule has 1 aliphatic heterocycles. The van der Waals surface area contributed by atoms with E-state index in [4.69, 9.17) is 0 Å². The number of piperazine rings is 1. The third kappa shape index (κ3) is 3.75. The van der Waals surface area contributed by atoms with Crippen molar-refractivity contribution < 1.29 is 8.42 Å². The molecule has 0 spiro atoms. The highest BCUT2D eigenvalue weighted by atomic mass is 32.2. The number of sulfonamides is 1. The van der Waals surface area contributed by atoms with E-state index in [1.807, 2.05) is 6.92 Å². The van der Waals surface area contributed by atoms with E-state index in [1.54, 1.807) is 0 Å². The van der Waals surface area contributed by atoms with Crippen LogP contribution in [0.2, 0.25) is 0 Å². The zero-order valence-corrected chi connectivity index (χ0v) is 12.0. The van der Waals surface area contributed by atoms with Crippen molar-refractivity contribution in [2.24, 2.45) is 0 Å². The van der Waals surface area contributed by atoms with E-state index in [1.165, 1.54) is 16.9 Å². The molecule has 0 aromatic carbocycles. The number of hydrogen-bond acceptors (Lipinski definition) is 5. The smallest absolute Gasteiger partial charge is 0.257 e. The molecule has 108 valence electrons. The first-order chi connectivity index (χ1) is 9.13. The van der Waals surface area contributed by atoms with Crippen LogP contribution in [0.1, 0.15) is 6.92 Å². The minimum atomic E-state index is -3.45. The number of nitrogens with one attached hydrogen (secondary N) is 2.